The fourth-order valence-corrected chi connectivity index (χ4v) is 1.76. The molecule has 5 heteroatoms. The monoisotopic (exact) mass is 297 g/mol. The maximum Gasteiger partial charge on any atom is 0.123 e. The average Bonchev–Trinajstić information content (AvgIpc) is 2.52. The van der Waals surface area contributed by atoms with Crippen LogP contribution in [-0.4, -0.2) is 51.2 Å². The first-order chi connectivity index (χ1) is 10.3. The molecule has 1 unspecified atom stereocenters. The molecule has 0 amide bonds. The molecule has 1 aromatic carbocycles. The van der Waals surface area contributed by atoms with Crippen LogP contribution in [0.4, 0.5) is 0 Å². The molecule has 0 radical (unpaired) electrons. The molecule has 0 aliphatic heterocycles. The lowest BCUT2D eigenvalue weighted by atomic mass is 10.3. The molecule has 0 fully saturated rings. The second-order valence-electron chi connectivity index (χ2n) is 4.81. The number of hydrogen-bond acceptors (Lipinski definition) is 5. The second-order valence-corrected chi connectivity index (χ2v) is 4.81. The Bertz CT molecular complexity index is 373. The number of methoxy groups -OCH3 is 1. The van der Waals surface area contributed by atoms with Crippen LogP contribution in [0.2, 0.25) is 0 Å². The van der Waals surface area contributed by atoms with Gasteiger partial charge in [0.05, 0.1) is 7.11 Å². The molecule has 1 atom stereocenters. The lowest BCUT2D eigenvalue weighted by Crippen LogP contribution is -2.32. The van der Waals surface area contributed by atoms with Gasteiger partial charge in [0, 0.05) is 25.8 Å². The Morgan fingerprint density at radius 3 is 2.81 bits per heavy atom. The van der Waals surface area contributed by atoms with E-state index in [-0.39, 0.29) is 6.61 Å². The first kappa shape index (κ1) is 17.8. The van der Waals surface area contributed by atoms with E-state index in [0.717, 1.165) is 38.3 Å². The zero-order chi connectivity index (χ0) is 15.3. The van der Waals surface area contributed by atoms with Gasteiger partial charge in [0.2, 0.25) is 0 Å². The third kappa shape index (κ3) is 8.55. The first-order valence-electron chi connectivity index (χ1n) is 7.49. The number of nitrogens with one attached hydrogen (secondary N) is 1. The van der Waals surface area contributed by atoms with Gasteiger partial charge in [-0.15, -0.1) is 0 Å². The van der Waals surface area contributed by atoms with E-state index >= 15 is 0 Å². The summed E-state index contributed by atoms with van der Waals surface area (Å²) in [5, 5.41) is 13.0. The summed E-state index contributed by atoms with van der Waals surface area (Å²) in [4.78, 5) is 0. The Hall–Kier alpha value is -1.30. The number of aliphatic hydroxyl groups excluding tert-OH is 1. The summed E-state index contributed by atoms with van der Waals surface area (Å²) in [7, 11) is 1.61. The molecule has 0 aliphatic carbocycles. The summed E-state index contributed by atoms with van der Waals surface area (Å²) >= 11 is 0. The Morgan fingerprint density at radius 1 is 1.24 bits per heavy atom. The standard InChI is InChI=1S/C16H27NO4/c1-3-9-20-10-5-8-17-12-14(18)13-21-16-7-4-6-15(11-16)19-2/h4,6-7,11,14,17-18H,3,5,8-10,12-13H2,1-2H3. The molecule has 0 saturated carbocycles. The predicted octanol–water partition coefficient (Wildman–Crippen LogP) is 1.84. The number of ether oxygens (including phenoxy) is 3. The van der Waals surface area contributed by atoms with E-state index in [1.54, 1.807) is 13.2 Å². The van der Waals surface area contributed by atoms with Crippen molar-refractivity contribution in [1.29, 1.82) is 0 Å². The van der Waals surface area contributed by atoms with Crippen molar-refractivity contribution >= 4 is 0 Å². The first-order valence-corrected chi connectivity index (χ1v) is 7.49. The fraction of sp³-hybridized carbons (Fsp3) is 0.625. The van der Waals surface area contributed by atoms with Gasteiger partial charge in [-0.05, 0) is 31.5 Å². The molecule has 0 heterocycles. The smallest absolute Gasteiger partial charge is 0.123 e. The number of rotatable bonds is 12. The Morgan fingerprint density at radius 2 is 2.05 bits per heavy atom. The molecule has 0 saturated heterocycles. The Balaban J connectivity index is 2.06. The predicted molar refractivity (Wildman–Crippen MR) is 83.1 cm³/mol. The van der Waals surface area contributed by atoms with E-state index < -0.39 is 6.10 Å². The highest BCUT2D eigenvalue weighted by Crippen LogP contribution is 2.18. The van der Waals surface area contributed by atoms with Gasteiger partial charge in [-0.2, -0.15) is 0 Å². The van der Waals surface area contributed by atoms with Crippen molar-refractivity contribution in [3.8, 4) is 11.5 Å². The van der Waals surface area contributed by atoms with Gasteiger partial charge in [0.1, 0.15) is 24.2 Å². The van der Waals surface area contributed by atoms with Crippen LogP contribution in [0.25, 0.3) is 0 Å². The molecule has 21 heavy (non-hydrogen) atoms. The van der Waals surface area contributed by atoms with E-state index in [4.69, 9.17) is 14.2 Å². The topological polar surface area (TPSA) is 60.0 Å². The van der Waals surface area contributed by atoms with Gasteiger partial charge < -0.3 is 24.6 Å². The third-order valence-corrected chi connectivity index (χ3v) is 2.85. The van der Waals surface area contributed by atoms with Crippen LogP contribution in [0.5, 0.6) is 11.5 Å². The van der Waals surface area contributed by atoms with Crippen molar-refractivity contribution in [3.05, 3.63) is 24.3 Å². The van der Waals surface area contributed by atoms with Gasteiger partial charge in [-0.1, -0.05) is 13.0 Å². The normalized spacial score (nSPS) is 12.1. The number of aliphatic hydroxyl groups is 1. The molecular weight excluding hydrogens is 270 g/mol. The molecular formula is C16H27NO4. The molecule has 5 nitrogen and oxygen atoms in total. The van der Waals surface area contributed by atoms with Gasteiger partial charge in [0.25, 0.3) is 0 Å². The lowest BCUT2D eigenvalue weighted by molar-refractivity contribution is 0.103. The largest absolute Gasteiger partial charge is 0.497 e. The van der Waals surface area contributed by atoms with Crippen LogP contribution in [-0.2, 0) is 4.74 Å². The van der Waals surface area contributed by atoms with Crippen molar-refractivity contribution in [2.24, 2.45) is 0 Å². The summed E-state index contributed by atoms with van der Waals surface area (Å²) in [6.07, 6.45) is 1.46. The van der Waals surface area contributed by atoms with Gasteiger partial charge >= 0.3 is 0 Å². The van der Waals surface area contributed by atoms with E-state index in [9.17, 15) is 5.11 Å². The van der Waals surface area contributed by atoms with Crippen molar-refractivity contribution in [2.45, 2.75) is 25.9 Å². The maximum atomic E-state index is 9.83. The SMILES string of the molecule is CCCOCCCNCC(O)COc1cccc(OC)c1. The van der Waals surface area contributed by atoms with Crippen LogP contribution in [0, 0.1) is 0 Å². The van der Waals surface area contributed by atoms with Crippen LogP contribution in [0.3, 0.4) is 0 Å². The van der Waals surface area contributed by atoms with Crippen LogP contribution in [0.15, 0.2) is 24.3 Å². The molecule has 1 rings (SSSR count). The minimum Gasteiger partial charge on any atom is -0.497 e. The number of hydrogen-bond donors (Lipinski definition) is 2. The third-order valence-electron chi connectivity index (χ3n) is 2.85. The molecule has 120 valence electrons. The highest BCUT2D eigenvalue weighted by molar-refractivity contribution is 5.32. The van der Waals surface area contributed by atoms with E-state index in [1.165, 1.54) is 0 Å². The molecule has 0 aromatic heterocycles. The summed E-state index contributed by atoms with van der Waals surface area (Å²) in [5.74, 6) is 1.44. The molecule has 0 bridgehead atoms. The van der Waals surface area contributed by atoms with Gasteiger partial charge in [-0.25, -0.2) is 0 Å². The highest BCUT2D eigenvalue weighted by Gasteiger charge is 2.05. The summed E-state index contributed by atoms with van der Waals surface area (Å²) < 4.78 is 16.0. The average molecular weight is 297 g/mol. The minimum absolute atomic E-state index is 0.256. The van der Waals surface area contributed by atoms with Crippen molar-refractivity contribution in [2.75, 3.05) is 40.0 Å². The van der Waals surface area contributed by atoms with E-state index in [2.05, 4.69) is 12.2 Å². The van der Waals surface area contributed by atoms with E-state index in [0.29, 0.717) is 12.3 Å². The molecule has 0 spiro atoms. The highest BCUT2D eigenvalue weighted by atomic mass is 16.5. The zero-order valence-electron chi connectivity index (χ0n) is 13.0. The van der Waals surface area contributed by atoms with Crippen molar-refractivity contribution in [1.82, 2.24) is 5.32 Å². The summed E-state index contributed by atoms with van der Waals surface area (Å²) in [6, 6.07) is 7.35. The van der Waals surface area contributed by atoms with Crippen LogP contribution >= 0.6 is 0 Å². The van der Waals surface area contributed by atoms with Crippen LogP contribution < -0.4 is 14.8 Å². The second kappa shape index (κ2) is 11.4. The zero-order valence-corrected chi connectivity index (χ0v) is 13.0. The van der Waals surface area contributed by atoms with Gasteiger partial charge in [0.15, 0.2) is 0 Å². The van der Waals surface area contributed by atoms with E-state index in [1.807, 2.05) is 18.2 Å². The van der Waals surface area contributed by atoms with Crippen molar-refractivity contribution < 1.29 is 19.3 Å². The maximum absolute atomic E-state index is 9.83. The number of benzene rings is 1. The Kier molecular flexibility index (Phi) is 9.61. The fourth-order valence-electron chi connectivity index (χ4n) is 1.76. The van der Waals surface area contributed by atoms with Crippen molar-refractivity contribution in [3.63, 3.8) is 0 Å². The lowest BCUT2D eigenvalue weighted by Gasteiger charge is -2.13. The Labute approximate surface area is 127 Å². The molecule has 2 N–H and O–H groups in total. The molecule has 0 aliphatic rings. The quantitative estimate of drug-likeness (QED) is 0.577. The van der Waals surface area contributed by atoms with Crippen LogP contribution in [0.1, 0.15) is 19.8 Å². The van der Waals surface area contributed by atoms with Gasteiger partial charge in [-0.3, -0.25) is 0 Å². The summed E-state index contributed by atoms with van der Waals surface area (Å²) in [5.41, 5.74) is 0. The molecule has 1 aromatic rings. The summed E-state index contributed by atoms with van der Waals surface area (Å²) in [6.45, 7) is 5.27. The minimum atomic E-state index is -0.534.